The van der Waals surface area contributed by atoms with Gasteiger partial charge in [0.15, 0.2) is 0 Å². The van der Waals surface area contributed by atoms with Gasteiger partial charge in [-0.05, 0) is 14.1 Å². The fraction of sp³-hybridized carbons (Fsp3) is 1.00. The molecule has 4 heteroatoms. The molecule has 0 aliphatic carbocycles. The molecule has 2 fully saturated rings. The molecule has 2 aliphatic heterocycles. The van der Waals surface area contributed by atoms with Crippen LogP contribution in [0, 0.1) is 0 Å². The largest absolute Gasteiger partial charge is 0.314 e. The molecule has 0 radical (unpaired) electrons. The van der Waals surface area contributed by atoms with Gasteiger partial charge >= 0.3 is 0 Å². The van der Waals surface area contributed by atoms with Gasteiger partial charge in [0.1, 0.15) is 0 Å². The Morgan fingerprint density at radius 1 is 0.857 bits per heavy atom. The van der Waals surface area contributed by atoms with Crippen LogP contribution in [0.2, 0.25) is 0 Å². The van der Waals surface area contributed by atoms with Crippen LogP contribution in [0.3, 0.4) is 0 Å². The predicted octanol–water partition coefficient (Wildman–Crippen LogP) is 0.186. The summed E-state index contributed by atoms with van der Waals surface area (Å²) in [5.74, 6) is 2.66. The average Bonchev–Trinajstić information content (AvgIpc) is 2.21. The molecule has 0 atom stereocenters. The minimum atomic E-state index is 1.16. The van der Waals surface area contributed by atoms with E-state index >= 15 is 0 Å². The van der Waals surface area contributed by atoms with Crippen molar-refractivity contribution in [2.45, 2.75) is 0 Å². The van der Waals surface area contributed by atoms with Crippen LogP contribution >= 0.6 is 11.8 Å². The molecule has 0 unspecified atom stereocenters. The van der Waals surface area contributed by atoms with E-state index in [4.69, 9.17) is 0 Å². The maximum Gasteiger partial charge on any atom is 0.0104 e. The van der Waals surface area contributed by atoms with Gasteiger partial charge in [-0.2, -0.15) is 11.8 Å². The lowest BCUT2D eigenvalue weighted by molar-refractivity contribution is 0.291. The quantitative estimate of drug-likeness (QED) is 0.624. The molecule has 84 valence electrons. The summed E-state index contributed by atoms with van der Waals surface area (Å²) in [7, 11) is 4.33. The first-order valence-electron chi connectivity index (χ1n) is 5.44. The highest BCUT2D eigenvalue weighted by Crippen LogP contribution is 2.05. The highest BCUT2D eigenvalue weighted by molar-refractivity contribution is 7.99. The topological polar surface area (TPSA) is 18.5 Å². The summed E-state index contributed by atoms with van der Waals surface area (Å²) in [5, 5.41) is 3.27. The third kappa shape index (κ3) is 5.86. The Kier molecular flexibility index (Phi) is 6.60. The zero-order valence-corrected chi connectivity index (χ0v) is 10.3. The van der Waals surface area contributed by atoms with Crippen molar-refractivity contribution in [2.75, 3.05) is 64.9 Å². The number of thioether (sulfide) groups is 1. The van der Waals surface area contributed by atoms with E-state index in [1.54, 1.807) is 0 Å². The lowest BCUT2D eigenvalue weighted by Crippen LogP contribution is -2.40. The van der Waals surface area contributed by atoms with Crippen molar-refractivity contribution in [2.24, 2.45) is 0 Å². The van der Waals surface area contributed by atoms with Crippen LogP contribution in [0.1, 0.15) is 0 Å². The minimum absolute atomic E-state index is 1.16. The molecule has 0 aromatic heterocycles. The summed E-state index contributed by atoms with van der Waals surface area (Å²) in [6.45, 7) is 7.31. The number of nitrogens with zero attached hydrogens (tertiary/aromatic N) is 2. The average molecular weight is 217 g/mol. The highest BCUT2D eigenvalue weighted by atomic mass is 32.2. The van der Waals surface area contributed by atoms with E-state index in [-0.39, 0.29) is 0 Å². The Labute approximate surface area is 92.2 Å². The van der Waals surface area contributed by atoms with E-state index < -0.39 is 0 Å². The Morgan fingerprint density at radius 2 is 1.36 bits per heavy atom. The van der Waals surface area contributed by atoms with Gasteiger partial charge in [0.2, 0.25) is 0 Å². The summed E-state index contributed by atoms with van der Waals surface area (Å²) in [4.78, 5) is 4.70. The summed E-state index contributed by atoms with van der Waals surface area (Å²) >= 11 is 2.06. The van der Waals surface area contributed by atoms with Crippen molar-refractivity contribution in [3.63, 3.8) is 0 Å². The smallest absolute Gasteiger partial charge is 0.0104 e. The monoisotopic (exact) mass is 217 g/mol. The van der Waals surface area contributed by atoms with Crippen LogP contribution in [0.15, 0.2) is 0 Å². The molecule has 2 rings (SSSR count). The van der Waals surface area contributed by atoms with Gasteiger partial charge in [-0.25, -0.2) is 0 Å². The highest BCUT2D eigenvalue weighted by Gasteiger charge is 2.02. The predicted molar refractivity (Wildman–Crippen MR) is 65.2 cm³/mol. The lowest BCUT2D eigenvalue weighted by atomic mass is 10.4. The molecule has 3 nitrogen and oxygen atoms in total. The van der Waals surface area contributed by atoms with E-state index in [2.05, 4.69) is 41.0 Å². The molecule has 2 saturated heterocycles. The van der Waals surface area contributed by atoms with Gasteiger partial charge in [0, 0.05) is 50.8 Å². The fourth-order valence-electron chi connectivity index (χ4n) is 1.43. The maximum atomic E-state index is 3.27. The number of rotatable bonds is 0. The molecule has 0 spiro atoms. The van der Waals surface area contributed by atoms with Gasteiger partial charge in [-0.3, -0.25) is 0 Å². The van der Waals surface area contributed by atoms with E-state index in [1.165, 1.54) is 37.7 Å². The standard InChI is InChI=1S/C5H12N2.C5H11NS/c1-7-4-2-6-3-5-7;1-6-2-4-7-5-3-6/h6H,2-5H2,1H3;2-5H2,1H3. The summed E-state index contributed by atoms with van der Waals surface area (Å²) in [6, 6.07) is 0. The van der Waals surface area contributed by atoms with E-state index in [9.17, 15) is 0 Å². The Balaban J connectivity index is 0.000000140. The molecule has 1 N–H and O–H groups in total. The Hall–Kier alpha value is 0.230. The van der Waals surface area contributed by atoms with E-state index in [0.29, 0.717) is 0 Å². The second kappa shape index (κ2) is 7.51. The number of piperazine rings is 1. The summed E-state index contributed by atoms with van der Waals surface area (Å²) < 4.78 is 0. The molecule has 2 heterocycles. The lowest BCUT2D eigenvalue weighted by Gasteiger charge is -2.21. The maximum absolute atomic E-state index is 3.27. The number of nitrogens with one attached hydrogen (secondary N) is 1. The van der Waals surface area contributed by atoms with Crippen LogP contribution < -0.4 is 5.32 Å². The van der Waals surface area contributed by atoms with Crippen molar-refractivity contribution in [1.29, 1.82) is 0 Å². The van der Waals surface area contributed by atoms with Gasteiger partial charge < -0.3 is 15.1 Å². The number of hydrogen-bond donors (Lipinski definition) is 1. The van der Waals surface area contributed by atoms with Crippen LogP contribution in [0.5, 0.6) is 0 Å². The summed E-state index contributed by atoms with van der Waals surface area (Å²) in [6.07, 6.45) is 0. The molecular weight excluding hydrogens is 194 g/mol. The van der Waals surface area contributed by atoms with Crippen LogP contribution in [-0.2, 0) is 0 Å². The minimum Gasteiger partial charge on any atom is -0.314 e. The first-order valence-corrected chi connectivity index (χ1v) is 6.60. The van der Waals surface area contributed by atoms with Crippen LogP contribution in [0.25, 0.3) is 0 Å². The third-order valence-electron chi connectivity index (χ3n) is 2.58. The molecule has 2 aliphatic rings. The SMILES string of the molecule is CN1CCNCC1.CN1CCSCC1. The Morgan fingerprint density at radius 3 is 1.64 bits per heavy atom. The zero-order valence-electron chi connectivity index (χ0n) is 9.46. The second-order valence-electron chi connectivity index (χ2n) is 3.97. The zero-order chi connectivity index (χ0) is 10.2. The van der Waals surface area contributed by atoms with E-state index in [0.717, 1.165) is 13.1 Å². The third-order valence-corrected chi connectivity index (χ3v) is 3.52. The Bertz CT molecular complexity index is 115. The second-order valence-corrected chi connectivity index (χ2v) is 5.19. The summed E-state index contributed by atoms with van der Waals surface area (Å²) in [5.41, 5.74) is 0. The number of likely N-dealkylation sites (N-methyl/N-ethyl adjacent to an activating group) is 1. The van der Waals surface area contributed by atoms with Crippen molar-refractivity contribution in [3.8, 4) is 0 Å². The number of hydrogen-bond acceptors (Lipinski definition) is 4. The molecule has 14 heavy (non-hydrogen) atoms. The van der Waals surface area contributed by atoms with Gasteiger partial charge in [0.05, 0.1) is 0 Å². The first-order chi connectivity index (χ1) is 6.79. The van der Waals surface area contributed by atoms with Crippen LogP contribution in [0.4, 0.5) is 0 Å². The van der Waals surface area contributed by atoms with Gasteiger partial charge in [0.25, 0.3) is 0 Å². The van der Waals surface area contributed by atoms with Crippen molar-refractivity contribution >= 4 is 11.8 Å². The molecule has 0 aromatic rings. The van der Waals surface area contributed by atoms with Crippen LogP contribution in [-0.4, -0.2) is 74.7 Å². The van der Waals surface area contributed by atoms with Gasteiger partial charge in [-0.1, -0.05) is 0 Å². The molecule has 0 aromatic carbocycles. The first kappa shape index (κ1) is 12.3. The van der Waals surface area contributed by atoms with Crippen molar-refractivity contribution in [3.05, 3.63) is 0 Å². The molecular formula is C10H23N3S. The molecule has 0 bridgehead atoms. The molecule has 0 amide bonds. The van der Waals surface area contributed by atoms with E-state index in [1.807, 2.05) is 0 Å². The van der Waals surface area contributed by atoms with Crippen molar-refractivity contribution in [1.82, 2.24) is 15.1 Å². The van der Waals surface area contributed by atoms with Gasteiger partial charge in [-0.15, -0.1) is 0 Å². The molecule has 0 saturated carbocycles. The normalized spacial score (nSPS) is 25.3. The van der Waals surface area contributed by atoms with Crippen molar-refractivity contribution < 1.29 is 0 Å². The fourth-order valence-corrected chi connectivity index (χ4v) is 2.52.